The van der Waals surface area contributed by atoms with Gasteiger partial charge in [0.05, 0.1) is 19.8 Å². The van der Waals surface area contributed by atoms with E-state index in [1.165, 1.54) is 18.2 Å². The van der Waals surface area contributed by atoms with Crippen molar-refractivity contribution in [2.45, 2.75) is 44.8 Å². The Labute approximate surface area is 216 Å². The van der Waals surface area contributed by atoms with Crippen molar-refractivity contribution in [1.82, 2.24) is 10.6 Å². The fraction of sp³-hybridized carbons (Fsp3) is 0.400. The van der Waals surface area contributed by atoms with Crippen LogP contribution < -0.4 is 25.4 Å². The number of rotatable bonds is 3. The highest BCUT2D eigenvalue weighted by molar-refractivity contribution is 6.07. The summed E-state index contributed by atoms with van der Waals surface area (Å²) in [5.74, 6) is -0.0675. The van der Waals surface area contributed by atoms with Crippen LogP contribution in [0.15, 0.2) is 52.4 Å². The third-order valence-corrected chi connectivity index (χ3v) is 5.53. The molecule has 0 saturated carbocycles. The number of hydrogen-bond acceptors (Lipinski definition) is 9. The minimum Gasteiger partial charge on any atom is -0.494 e. The minimum absolute atomic E-state index is 0.0132. The van der Waals surface area contributed by atoms with Gasteiger partial charge in [0, 0.05) is 11.8 Å². The van der Waals surface area contributed by atoms with Gasteiger partial charge in [-0.2, -0.15) is 18.2 Å². The summed E-state index contributed by atoms with van der Waals surface area (Å²) < 4.78 is 54.7. The Hall–Kier alpha value is -4.00. The number of carboxylic acids is 1. The van der Waals surface area contributed by atoms with Crippen LogP contribution in [0.1, 0.15) is 41.6 Å². The standard InChI is InChI=1S/C25H28F3N5O5/c26-25(27,28)15-38-24-32-22-29-14-16-5-8-18(9-6-16)36-11-3-1-2-4-12-37-20-13-17(30-23(31-22)33-24)7-10-19(20)21(34)35/h5-10,13,24H,1-4,11-12,14-15H2,(H,34,35)(H3,29,30,31,32,33). The summed E-state index contributed by atoms with van der Waals surface area (Å²) in [6.45, 7) is -0.407. The van der Waals surface area contributed by atoms with Crippen molar-refractivity contribution in [1.29, 1.82) is 0 Å². The van der Waals surface area contributed by atoms with Crippen molar-refractivity contribution < 1.29 is 37.3 Å². The Balaban J connectivity index is 1.59. The second-order valence-corrected chi connectivity index (χ2v) is 8.59. The van der Waals surface area contributed by atoms with E-state index in [1.54, 1.807) is 0 Å². The van der Waals surface area contributed by atoms with E-state index in [0.717, 1.165) is 37.0 Å². The lowest BCUT2D eigenvalue weighted by Crippen LogP contribution is -2.54. The van der Waals surface area contributed by atoms with Gasteiger partial charge in [-0.05, 0) is 55.5 Å². The molecular formula is C25H28F3N5O5. The van der Waals surface area contributed by atoms with Gasteiger partial charge in [0.1, 0.15) is 23.7 Å². The van der Waals surface area contributed by atoms with Crippen LogP contribution in [-0.4, -0.2) is 55.3 Å². The number of halogens is 3. The normalized spacial score (nSPS) is 18.7. The molecule has 13 heteroatoms. The molecule has 0 radical (unpaired) electrons. The van der Waals surface area contributed by atoms with E-state index in [-0.39, 0.29) is 29.8 Å². The quantitative estimate of drug-likeness (QED) is 0.463. The van der Waals surface area contributed by atoms with Gasteiger partial charge in [-0.1, -0.05) is 12.1 Å². The van der Waals surface area contributed by atoms with Crippen molar-refractivity contribution in [2.24, 2.45) is 9.98 Å². The van der Waals surface area contributed by atoms with Crippen LogP contribution in [0.5, 0.6) is 11.5 Å². The summed E-state index contributed by atoms with van der Waals surface area (Å²) in [6, 6.07) is 11.8. The van der Waals surface area contributed by atoms with Gasteiger partial charge in [-0.25, -0.2) is 9.79 Å². The summed E-state index contributed by atoms with van der Waals surface area (Å²) in [4.78, 5) is 20.2. The molecule has 1 atom stereocenters. The predicted molar refractivity (Wildman–Crippen MR) is 134 cm³/mol. The number of anilines is 1. The van der Waals surface area contributed by atoms with Crippen LogP contribution in [-0.2, 0) is 11.3 Å². The van der Waals surface area contributed by atoms with Gasteiger partial charge in [0.15, 0.2) is 0 Å². The SMILES string of the molecule is O=C(O)c1ccc2cc1OCCCCCCOc1ccc(cc1)CN=C1NC(=NC(OCC(F)(F)F)N1)N2. The van der Waals surface area contributed by atoms with E-state index >= 15 is 0 Å². The maximum absolute atomic E-state index is 12.8. The molecule has 0 saturated heterocycles. The molecule has 3 aliphatic heterocycles. The Bertz CT molecular complexity index is 1170. The maximum atomic E-state index is 12.8. The van der Waals surface area contributed by atoms with E-state index in [4.69, 9.17) is 14.2 Å². The second kappa shape index (κ2) is 12.5. The molecule has 0 fully saturated rings. The number of carbonyl (C=O) groups is 1. The number of nitrogens with one attached hydrogen (secondary N) is 3. The zero-order valence-electron chi connectivity index (χ0n) is 20.4. The number of nitrogens with zero attached hydrogens (tertiary/aromatic N) is 2. The van der Waals surface area contributed by atoms with E-state index < -0.39 is 25.1 Å². The van der Waals surface area contributed by atoms with Crippen molar-refractivity contribution in [2.75, 3.05) is 25.1 Å². The molecule has 2 aromatic carbocycles. The number of carboxylic acid groups (broad SMARTS) is 1. The number of hydrogen-bond donors (Lipinski definition) is 4. The average molecular weight is 536 g/mol. The molecule has 4 N–H and O–H groups in total. The first-order valence-corrected chi connectivity index (χ1v) is 12.1. The number of ether oxygens (including phenoxy) is 3. The highest BCUT2D eigenvalue weighted by atomic mass is 19.4. The molecule has 3 aliphatic rings. The molecule has 0 aliphatic carbocycles. The number of guanidine groups is 2. The molecule has 3 heterocycles. The third kappa shape index (κ3) is 8.26. The molecule has 6 bridgehead atoms. The Morgan fingerprint density at radius 2 is 1.74 bits per heavy atom. The maximum Gasteiger partial charge on any atom is 0.411 e. The molecule has 5 rings (SSSR count). The van der Waals surface area contributed by atoms with Crippen molar-refractivity contribution in [3.8, 4) is 11.5 Å². The Morgan fingerprint density at radius 3 is 2.45 bits per heavy atom. The first-order valence-electron chi connectivity index (χ1n) is 12.1. The Morgan fingerprint density at radius 1 is 1.00 bits per heavy atom. The lowest BCUT2D eigenvalue weighted by atomic mass is 10.1. The van der Waals surface area contributed by atoms with E-state index in [2.05, 4.69) is 25.9 Å². The number of benzene rings is 2. The zero-order chi connectivity index (χ0) is 27.0. The van der Waals surface area contributed by atoms with Crippen LogP contribution in [0.2, 0.25) is 0 Å². The Kier molecular flexibility index (Phi) is 8.89. The monoisotopic (exact) mass is 535 g/mol. The van der Waals surface area contributed by atoms with Crippen LogP contribution >= 0.6 is 0 Å². The van der Waals surface area contributed by atoms with Gasteiger partial charge in [-0.3, -0.25) is 5.32 Å². The van der Waals surface area contributed by atoms with Gasteiger partial charge < -0.3 is 30.0 Å². The lowest BCUT2D eigenvalue weighted by Gasteiger charge is -2.26. The largest absolute Gasteiger partial charge is 0.494 e. The summed E-state index contributed by atoms with van der Waals surface area (Å²) in [5, 5.41) is 18.0. The number of alkyl halides is 3. The molecule has 38 heavy (non-hydrogen) atoms. The topological polar surface area (TPSA) is 126 Å². The minimum atomic E-state index is -4.54. The van der Waals surface area contributed by atoms with Gasteiger partial charge >= 0.3 is 12.1 Å². The van der Waals surface area contributed by atoms with Gasteiger partial charge in [0.25, 0.3) is 0 Å². The fourth-order valence-electron chi connectivity index (χ4n) is 3.67. The predicted octanol–water partition coefficient (Wildman–Crippen LogP) is 4.10. The van der Waals surface area contributed by atoms with Crippen LogP contribution in [0.3, 0.4) is 0 Å². The van der Waals surface area contributed by atoms with E-state index in [0.29, 0.717) is 18.9 Å². The number of fused-ring (bicyclic) bond motifs is 10. The lowest BCUT2D eigenvalue weighted by molar-refractivity contribution is -0.186. The molecule has 0 aromatic heterocycles. The van der Waals surface area contributed by atoms with E-state index in [1.807, 2.05) is 24.3 Å². The van der Waals surface area contributed by atoms with Crippen LogP contribution in [0.25, 0.3) is 0 Å². The van der Waals surface area contributed by atoms with Crippen molar-refractivity contribution >= 4 is 23.6 Å². The zero-order valence-corrected chi connectivity index (χ0v) is 20.4. The highest BCUT2D eigenvalue weighted by Gasteiger charge is 2.31. The summed E-state index contributed by atoms with van der Waals surface area (Å²) in [5.41, 5.74) is 1.25. The first-order chi connectivity index (χ1) is 18.2. The summed E-state index contributed by atoms with van der Waals surface area (Å²) in [7, 11) is 0. The molecule has 204 valence electrons. The molecule has 10 nitrogen and oxygen atoms in total. The fourth-order valence-corrected chi connectivity index (χ4v) is 3.67. The third-order valence-electron chi connectivity index (χ3n) is 5.53. The van der Waals surface area contributed by atoms with Crippen molar-refractivity contribution in [3.05, 3.63) is 53.6 Å². The molecule has 0 spiro atoms. The van der Waals surface area contributed by atoms with E-state index in [9.17, 15) is 23.1 Å². The van der Waals surface area contributed by atoms with Gasteiger partial charge in [0.2, 0.25) is 18.3 Å². The molecule has 0 amide bonds. The first kappa shape index (κ1) is 27.0. The molecular weight excluding hydrogens is 507 g/mol. The van der Waals surface area contributed by atoms with Crippen LogP contribution in [0.4, 0.5) is 18.9 Å². The van der Waals surface area contributed by atoms with Crippen molar-refractivity contribution in [3.63, 3.8) is 0 Å². The number of aromatic carboxylic acids is 1. The smallest absolute Gasteiger partial charge is 0.411 e. The highest BCUT2D eigenvalue weighted by Crippen LogP contribution is 2.25. The van der Waals surface area contributed by atoms with Gasteiger partial charge in [-0.15, -0.1) is 0 Å². The number of aliphatic imine (C=N–C) groups is 2. The molecule has 2 aromatic rings. The van der Waals surface area contributed by atoms with Crippen LogP contribution in [0, 0.1) is 0 Å². The summed E-state index contributed by atoms with van der Waals surface area (Å²) in [6.07, 6.45) is -2.50. The summed E-state index contributed by atoms with van der Waals surface area (Å²) >= 11 is 0. The second-order valence-electron chi connectivity index (χ2n) is 8.59. The molecule has 1 unspecified atom stereocenters. The average Bonchev–Trinajstić information content (AvgIpc) is 2.87.